The van der Waals surface area contributed by atoms with Crippen molar-refractivity contribution in [2.45, 2.75) is 44.6 Å². The molecule has 1 unspecified atom stereocenters. The molecule has 1 aromatic rings. The van der Waals surface area contributed by atoms with Gasteiger partial charge in [-0.15, -0.1) is 11.3 Å². The van der Waals surface area contributed by atoms with Gasteiger partial charge in [-0.3, -0.25) is 0 Å². The van der Waals surface area contributed by atoms with E-state index in [1.165, 1.54) is 34.9 Å². The van der Waals surface area contributed by atoms with E-state index in [0.29, 0.717) is 11.9 Å². The van der Waals surface area contributed by atoms with Crippen molar-refractivity contribution < 1.29 is 4.74 Å². The van der Waals surface area contributed by atoms with Crippen molar-refractivity contribution in [2.24, 2.45) is 0 Å². The van der Waals surface area contributed by atoms with Gasteiger partial charge >= 0.3 is 0 Å². The molecule has 1 aliphatic rings. The van der Waals surface area contributed by atoms with Gasteiger partial charge in [-0.05, 0) is 31.6 Å². The molecule has 1 atom stereocenters. The summed E-state index contributed by atoms with van der Waals surface area (Å²) in [5.74, 6) is 1.28. The monoisotopic (exact) mass is 286 g/mol. The summed E-state index contributed by atoms with van der Waals surface area (Å²) in [6, 6.07) is 0. The van der Waals surface area contributed by atoms with Crippen LogP contribution in [0.25, 0.3) is 0 Å². The number of hydrogen-bond acceptors (Lipinski definition) is 5. The molecule has 0 radical (unpaired) electrons. The minimum atomic E-state index is 0.630. The van der Waals surface area contributed by atoms with Crippen molar-refractivity contribution in [2.75, 3.05) is 19.4 Å². The Bertz CT molecular complexity index is 362. The number of methoxy groups -OCH3 is 1. The van der Waals surface area contributed by atoms with Gasteiger partial charge in [0.15, 0.2) is 0 Å². The van der Waals surface area contributed by atoms with Gasteiger partial charge in [-0.1, -0.05) is 6.92 Å². The van der Waals surface area contributed by atoms with Crippen LogP contribution in [0.2, 0.25) is 0 Å². The summed E-state index contributed by atoms with van der Waals surface area (Å²) >= 11 is 3.92. The van der Waals surface area contributed by atoms with Gasteiger partial charge in [0.2, 0.25) is 0 Å². The van der Waals surface area contributed by atoms with Crippen molar-refractivity contribution in [3.63, 3.8) is 0 Å². The summed E-state index contributed by atoms with van der Waals surface area (Å²) in [6.45, 7) is 4.83. The first kappa shape index (κ1) is 14.3. The van der Waals surface area contributed by atoms with E-state index in [4.69, 9.17) is 9.72 Å². The Hall–Kier alpha value is -0.100. The molecular formula is C13H22N2OS2. The molecule has 1 aliphatic heterocycles. The van der Waals surface area contributed by atoms with Gasteiger partial charge in [0.25, 0.3) is 0 Å². The number of thiazole rings is 1. The van der Waals surface area contributed by atoms with Crippen molar-refractivity contribution in [1.29, 1.82) is 0 Å². The number of rotatable bonds is 7. The van der Waals surface area contributed by atoms with Crippen LogP contribution in [0.4, 0.5) is 0 Å². The quantitative estimate of drug-likeness (QED) is 0.779. The summed E-state index contributed by atoms with van der Waals surface area (Å²) in [7, 11) is 1.74. The predicted molar refractivity (Wildman–Crippen MR) is 79.3 cm³/mol. The van der Waals surface area contributed by atoms with Crippen LogP contribution >= 0.6 is 23.1 Å². The molecular weight excluding hydrogens is 264 g/mol. The number of aromatic nitrogens is 1. The van der Waals surface area contributed by atoms with Crippen LogP contribution in [0.5, 0.6) is 0 Å². The van der Waals surface area contributed by atoms with Gasteiger partial charge in [-0.25, -0.2) is 4.98 Å². The highest BCUT2D eigenvalue weighted by molar-refractivity contribution is 7.99. The Morgan fingerprint density at radius 1 is 1.50 bits per heavy atom. The molecule has 102 valence electrons. The van der Waals surface area contributed by atoms with Crippen LogP contribution in [-0.2, 0) is 17.9 Å². The molecule has 0 spiro atoms. The van der Waals surface area contributed by atoms with E-state index in [9.17, 15) is 0 Å². The lowest BCUT2D eigenvalue weighted by Crippen LogP contribution is -2.14. The molecule has 2 rings (SSSR count). The van der Waals surface area contributed by atoms with E-state index in [-0.39, 0.29) is 0 Å². The van der Waals surface area contributed by atoms with Crippen LogP contribution in [0.3, 0.4) is 0 Å². The molecule has 2 heterocycles. The van der Waals surface area contributed by atoms with Gasteiger partial charge in [0.05, 0.1) is 17.6 Å². The second kappa shape index (κ2) is 7.48. The number of nitrogens with one attached hydrogen (secondary N) is 1. The Kier molecular flexibility index (Phi) is 5.95. The van der Waals surface area contributed by atoms with Crippen molar-refractivity contribution >= 4 is 23.1 Å². The van der Waals surface area contributed by atoms with Gasteiger partial charge in [-0.2, -0.15) is 11.8 Å². The smallest absolute Gasteiger partial charge is 0.106 e. The fourth-order valence-electron chi connectivity index (χ4n) is 2.08. The summed E-state index contributed by atoms with van der Waals surface area (Å²) in [6.07, 6.45) is 3.79. The van der Waals surface area contributed by atoms with Crippen LogP contribution in [0.15, 0.2) is 0 Å². The van der Waals surface area contributed by atoms with Crippen molar-refractivity contribution in [1.82, 2.24) is 10.3 Å². The third kappa shape index (κ3) is 3.70. The second-order valence-electron chi connectivity index (χ2n) is 4.53. The fraction of sp³-hybridized carbons (Fsp3) is 0.769. The van der Waals surface area contributed by atoms with E-state index in [0.717, 1.165) is 18.8 Å². The largest absolute Gasteiger partial charge is 0.378 e. The van der Waals surface area contributed by atoms with Crippen molar-refractivity contribution in [3.05, 3.63) is 15.6 Å². The zero-order valence-electron chi connectivity index (χ0n) is 11.2. The lowest BCUT2D eigenvalue weighted by molar-refractivity contribution is 0.181. The molecule has 1 saturated heterocycles. The maximum atomic E-state index is 5.26. The van der Waals surface area contributed by atoms with Crippen LogP contribution < -0.4 is 5.32 Å². The van der Waals surface area contributed by atoms with Crippen LogP contribution in [-0.4, -0.2) is 24.4 Å². The molecule has 0 saturated carbocycles. The highest BCUT2D eigenvalue weighted by atomic mass is 32.2. The first-order valence-electron chi connectivity index (χ1n) is 6.65. The van der Waals surface area contributed by atoms with Crippen LogP contribution in [0, 0.1) is 0 Å². The van der Waals surface area contributed by atoms with Crippen LogP contribution in [0.1, 0.15) is 47.0 Å². The lowest BCUT2D eigenvalue weighted by atomic mass is 10.2. The molecule has 1 aromatic heterocycles. The summed E-state index contributed by atoms with van der Waals surface area (Å²) in [5, 5.41) is 5.40. The Balaban J connectivity index is 2.04. The SMILES string of the molecule is CCCNCc1sc(C2CCCS2)nc1COC. The van der Waals surface area contributed by atoms with Gasteiger partial charge < -0.3 is 10.1 Å². The van der Waals surface area contributed by atoms with Gasteiger partial charge in [0.1, 0.15) is 5.01 Å². The highest BCUT2D eigenvalue weighted by Gasteiger charge is 2.22. The summed E-state index contributed by atoms with van der Waals surface area (Å²) in [4.78, 5) is 6.15. The molecule has 5 heteroatoms. The zero-order chi connectivity index (χ0) is 12.8. The third-order valence-corrected chi connectivity index (χ3v) is 5.74. The summed E-state index contributed by atoms with van der Waals surface area (Å²) < 4.78 is 5.26. The number of thioether (sulfide) groups is 1. The van der Waals surface area contributed by atoms with Gasteiger partial charge in [0, 0.05) is 18.5 Å². The maximum Gasteiger partial charge on any atom is 0.106 e. The fourth-order valence-corrected chi connectivity index (χ4v) is 4.63. The molecule has 0 aliphatic carbocycles. The number of nitrogens with zero attached hydrogens (tertiary/aromatic N) is 1. The Morgan fingerprint density at radius 2 is 2.39 bits per heavy atom. The number of hydrogen-bond donors (Lipinski definition) is 1. The molecule has 1 N–H and O–H groups in total. The van der Waals surface area contributed by atoms with E-state index >= 15 is 0 Å². The molecule has 0 bridgehead atoms. The highest BCUT2D eigenvalue weighted by Crippen LogP contribution is 2.42. The van der Waals surface area contributed by atoms with E-state index in [1.807, 2.05) is 11.3 Å². The Morgan fingerprint density at radius 3 is 3.06 bits per heavy atom. The minimum absolute atomic E-state index is 0.630. The topological polar surface area (TPSA) is 34.2 Å². The first-order chi connectivity index (χ1) is 8.85. The first-order valence-corrected chi connectivity index (χ1v) is 8.51. The standard InChI is InChI=1S/C13H22N2OS2/c1-3-6-14-8-12-10(9-16-2)15-13(18-12)11-5-4-7-17-11/h11,14H,3-9H2,1-2H3. The van der Waals surface area contributed by atoms with E-state index in [1.54, 1.807) is 7.11 Å². The maximum absolute atomic E-state index is 5.26. The average Bonchev–Trinajstić information content (AvgIpc) is 2.99. The molecule has 1 fully saturated rings. The number of ether oxygens (including phenoxy) is 1. The molecule has 18 heavy (non-hydrogen) atoms. The Labute approximate surface area is 118 Å². The molecule has 0 aromatic carbocycles. The van der Waals surface area contributed by atoms with Crippen molar-refractivity contribution in [3.8, 4) is 0 Å². The second-order valence-corrected chi connectivity index (χ2v) is 6.96. The van der Waals surface area contributed by atoms with E-state index in [2.05, 4.69) is 24.0 Å². The molecule has 3 nitrogen and oxygen atoms in total. The minimum Gasteiger partial charge on any atom is -0.378 e. The zero-order valence-corrected chi connectivity index (χ0v) is 12.8. The summed E-state index contributed by atoms with van der Waals surface area (Å²) in [5.41, 5.74) is 1.13. The predicted octanol–water partition coefficient (Wildman–Crippen LogP) is 3.36. The average molecular weight is 286 g/mol. The normalized spacial score (nSPS) is 19.6. The third-order valence-electron chi connectivity index (χ3n) is 2.99. The lowest BCUT2D eigenvalue weighted by Gasteiger charge is -2.02. The molecule has 0 amide bonds. The van der Waals surface area contributed by atoms with E-state index < -0.39 is 0 Å².